The van der Waals surface area contributed by atoms with Crippen molar-refractivity contribution in [3.8, 4) is 5.75 Å². The summed E-state index contributed by atoms with van der Waals surface area (Å²) in [4.78, 5) is 0. The van der Waals surface area contributed by atoms with E-state index in [2.05, 4.69) is 52.2 Å². The molecule has 0 fully saturated rings. The van der Waals surface area contributed by atoms with Crippen molar-refractivity contribution >= 4 is 0 Å². The van der Waals surface area contributed by atoms with Crippen molar-refractivity contribution in [1.29, 1.82) is 0 Å². The zero-order chi connectivity index (χ0) is 14.1. The molecule has 3 heteroatoms. The van der Waals surface area contributed by atoms with Gasteiger partial charge < -0.3 is 26.2 Å². The van der Waals surface area contributed by atoms with Crippen LogP contribution >= 0.6 is 0 Å². The third kappa shape index (κ3) is 8.60. The number of unbranched alkanes of at least 4 members (excludes halogenated alkanes) is 3. The summed E-state index contributed by atoms with van der Waals surface area (Å²) in [6.45, 7) is 7.47. The molecule has 0 aliphatic carbocycles. The molecule has 0 saturated heterocycles. The zero-order valence-corrected chi connectivity index (χ0v) is 15.1. The lowest BCUT2D eigenvalue weighted by Crippen LogP contribution is -3.00. The van der Waals surface area contributed by atoms with Crippen LogP contribution in [0.5, 0.6) is 5.75 Å². The molecule has 0 spiro atoms. The van der Waals surface area contributed by atoms with E-state index < -0.39 is 0 Å². The average molecular weight is 344 g/mol. The normalized spacial score (nSPS) is 11.0. The first-order chi connectivity index (χ1) is 9.03. The molecule has 0 bridgehead atoms. The Hall–Kier alpha value is -0.540. The molecule has 20 heavy (non-hydrogen) atoms. The molecular weight excluding hydrogens is 314 g/mol. The number of rotatable bonds is 9. The lowest BCUT2D eigenvalue weighted by molar-refractivity contribution is -0.890. The van der Waals surface area contributed by atoms with Gasteiger partial charge in [-0.1, -0.05) is 37.5 Å². The van der Waals surface area contributed by atoms with Crippen LogP contribution in [0.4, 0.5) is 0 Å². The minimum absolute atomic E-state index is 0. The van der Waals surface area contributed by atoms with E-state index in [-0.39, 0.29) is 17.0 Å². The molecule has 0 aromatic heterocycles. The van der Waals surface area contributed by atoms with E-state index in [9.17, 15) is 0 Å². The predicted molar refractivity (Wildman–Crippen MR) is 82.7 cm³/mol. The Morgan fingerprint density at radius 1 is 0.950 bits per heavy atom. The van der Waals surface area contributed by atoms with Gasteiger partial charge in [-0.05, 0) is 31.9 Å². The minimum atomic E-state index is 0. The smallest absolute Gasteiger partial charge is 0.137 e. The van der Waals surface area contributed by atoms with Crippen LogP contribution in [-0.4, -0.2) is 38.3 Å². The van der Waals surface area contributed by atoms with E-state index in [1.54, 1.807) is 0 Å². The first-order valence-corrected chi connectivity index (χ1v) is 7.55. The van der Waals surface area contributed by atoms with Crippen molar-refractivity contribution < 1.29 is 26.2 Å². The number of likely N-dealkylation sites (N-methyl/N-ethyl adjacent to an activating group) is 1. The molecule has 1 aromatic rings. The second kappa shape index (κ2) is 10.2. The van der Waals surface area contributed by atoms with E-state index in [1.807, 2.05) is 0 Å². The third-order valence-corrected chi connectivity index (χ3v) is 3.60. The molecule has 0 heterocycles. The van der Waals surface area contributed by atoms with Crippen molar-refractivity contribution in [1.82, 2.24) is 0 Å². The highest BCUT2D eigenvalue weighted by molar-refractivity contribution is 5.26. The van der Waals surface area contributed by atoms with Gasteiger partial charge in [0.2, 0.25) is 0 Å². The SMILES string of the molecule is CCCCCC[N+](C)(C)CCOc1ccc(C)cc1.[Br-]. The van der Waals surface area contributed by atoms with Crippen molar-refractivity contribution in [3.05, 3.63) is 29.8 Å². The van der Waals surface area contributed by atoms with Crippen LogP contribution in [0.2, 0.25) is 0 Å². The molecule has 0 radical (unpaired) electrons. The Morgan fingerprint density at radius 3 is 2.20 bits per heavy atom. The summed E-state index contributed by atoms with van der Waals surface area (Å²) in [5, 5.41) is 0. The first-order valence-electron chi connectivity index (χ1n) is 7.55. The Bertz CT molecular complexity index is 349. The lowest BCUT2D eigenvalue weighted by Gasteiger charge is -2.29. The van der Waals surface area contributed by atoms with Crippen molar-refractivity contribution in [2.24, 2.45) is 0 Å². The molecule has 1 aromatic carbocycles. The van der Waals surface area contributed by atoms with E-state index in [0.717, 1.165) is 23.4 Å². The van der Waals surface area contributed by atoms with Gasteiger partial charge in [0.1, 0.15) is 18.9 Å². The summed E-state index contributed by atoms with van der Waals surface area (Å²) in [5.74, 6) is 0.983. The minimum Gasteiger partial charge on any atom is -1.00 e. The summed E-state index contributed by atoms with van der Waals surface area (Å²) in [7, 11) is 4.59. The van der Waals surface area contributed by atoms with Gasteiger partial charge in [0.05, 0.1) is 20.6 Å². The highest BCUT2D eigenvalue weighted by Gasteiger charge is 2.14. The Balaban J connectivity index is 0.00000361. The fourth-order valence-corrected chi connectivity index (χ4v) is 2.12. The Morgan fingerprint density at radius 2 is 1.60 bits per heavy atom. The lowest BCUT2D eigenvalue weighted by atomic mass is 10.2. The molecule has 2 nitrogen and oxygen atoms in total. The molecule has 0 aliphatic heterocycles. The number of nitrogens with zero attached hydrogens (tertiary/aromatic N) is 1. The van der Waals surface area contributed by atoms with Gasteiger partial charge in [0, 0.05) is 0 Å². The van der Waals surface area contributed by atoms with E-state index in [4.69, 9.17) is 4.74 Å². The predicted octanol–water partition coefficient (Wildman–Crippen LogP) is 1.03. The number of hydrogen-bond acceptors (Lipinski definition) is 1. The standard InChI is InChI=1S/C17H30NO.BrH/c1-5-6-7-8-13-18(3,4)14-15-19-17-11-9-16(2)10-12-17;/h9-12H,5-8,13-15H2,1-4H3;1H/q+1;/p-1. The van der Waals surface area contributed by atoms with Crippen LogP contribution in [0.1, 0.15) is 38.2 Å². The van der Waals surface area contributed by atoms with E-state index in [1.165, 1.54) is 37.8 Å². The number of benzene rings is 1. The van der Waals surface area contributed by atoms with Crippen LogP contribution in [0, 0.1) is 6.92 Å². The molecule has 0 N–H and O–H groups in total. The van der Waals surface area contributed by atoms with Crippen LogP contribution in [0.25, 0.3) is 0 Å². The van der Waals surface area contributed by atoms with E-state index >= 15 is 0 Å². The van der Waals surface area contributed by atoms with E-state index in [0.29, 0.717) is 0 Å². The van der Waals surface area contributed by atoms with Gasteiger partial charge in [-0.25, -0.2) is 0 Å². The summed E-state index contributed by atoms with van der Waals surface area (Å²) in [5.41, 5.74) is 1.28. The Labute approximate surface area is 135 Å². The molecule has 0 atom stereocenters. The van der Waals surface area contributed by atoms with Crippen LogP contribution in [0.3, 0.4) is 0 Å². The van der Waals surface area contributed by atoms with Crippen LogP contribution in [-0.2, 0) is 0 Å². The number of hydrogen-bond donors (Lipinski definition) is 0. The second-order valence-corrected chi connectivity index (χ2v) is 6.11. The molecule has 0 amide bonds. The van der Waals surface area contributed by atoms with Gasteiger partial charge in [0.25, 0.3) is 0 Å². The number of aryl methyl sites for hydroxylation is 1. The summed E-state index contributed by atoms with van der Waals surface area (Å²) in [6.07, 6.45) is 5.35. The average Bonchev–Trinajstić information content (AvgIpc) is 2.37. The van der Waals surface area contributed by atoms with Gasteiger partial charge in [-0.15, -0.1) is 0 Å². The monoisotopic (exact) mass is 343 g/mol. The Kier molecular flexibility index (Phi) is 9.95. The maximum Gasteiger partial charge on any atom is 0.137 e. The fraction of sp³-hybridized carbons (Fsp3) is 0.647. The van der Waals surface area contributed by atoms with Gasteiger partial charge in [-0.3, -0.25) is 0 Å². The van der Waals surface area contributed by atoms with Gasteiger partial charge >= 0.3 is 0 Å². The van der Waals surface area contributed by atoms with Crippen molar-refractivity contribution in [2.75, 3.05) is 33.8 Å². The highest BCUT2D eigenvalue weighted by Crippen LogP contribution is 2.12. The van der Waals surface area contributed by atoms with Crippen LogP contribution in [0.15, 0.2) is 24.3 Å². The first kappa shape index (κ1) is 19.5. The molecule has 1 rings (SSSR count). The molecule has 0 saturated carbocycles. The quantitative estimate of drug-likeness (QED) is 0.480. The molecule has 0 aliphatic rings. The third-order valence-electron chi connectivity index (χ3n) is 3.60. The topological polar surface area (TPSA) is 9.23 Å². The largest absolute Gasteiger partial charge is 1.00 e. The van der Waals surface area contributed by atoms with Crippen molar-refractivity contribution in [3.63, 3.8) is 0 Å². The number of quaternary nitrogens is 1. The summed E-state index contributed by atoms with van der Waals surface area (Å²) in [6, 6.07) is 8.30. The highest BCUT2D eigenvalue weighted by atomic mass is 79.9. The molecule has 0 unspecified atom stereocenters. The zero-order valence-electron chi connectivity index (χ0n) is 13.5. The molecular formula is C17H30BrNO. The van der Waals surface area contributed by atoms with Crippen molar-refractivity contribution in [2.45, 2.75) is 39.5 Å². The fourth-order valence-electron chi connectivity index (χ4n) is 2.12. The van der Waals surface area contributed by atoms with Crippen LogP contribution < -0.4 is 21.7 Å². The summed E-state index contributed by atoms with van der Waals surface area (Å²) < 4.78 is 6.86. The summed E-state index contributed by atoms with van der Waals surface area (Å²) >= 11 is 0. The van der Waals surface area contributed by atoms with Gasteiger partial charge in [0.15, 0.2) is 0 Å². The second-order valence-electron chi connectivity index (χ2n) is 6.11. The maximum atomic E-state index is 5.81. The molecule has 116 valence electrons. The number of ether oxygens (including phenoxy) is 1. The maximum absolute atomic E-state index is 5.81. The van der Waals surface area contributed by atoms with Gasteiger partial charge in [-0.2, -0.15) is 0 Å². The number of halogens is 1.